The maximum absolute atomic E-state index is 10.9. The molecule has 0 heterocycles. The van der Waals surface area contributed by atoms with Gasteiger partial charge in [0.15, 0.2) is 0 Å². The molecule has 1 rings (SSSR count). The number of aliphatic hydroxyl groups is 2. The summed E-state index contributed by atoms with van der Waals surface area (Å²) in [6.07, 6.45) is 12.6. The smallest absolute Gasteiger partial charge is 0.305 e. The van der Waals surface area contributed by atoms with Gasteiger partial charge in [0.25, 0.3) is 0 Å². The van der Waals surface area contributed by atoms with Crippen LogP contribution < -0.4 is 0 Å². The third kappa shape index (κ3) is 5.88. The molecule has 0 radical (unpaired) electrons. The van der Waals surface area contributed by atoms with Gasteiger partial charge < -0.3 is 14.9 Å². The molecule has 1 saturated carbocycles. The van der Waals surface area contributed by atoms with Gasteiger partial charge in [0, 0.05) is 12.3 Å². The Hall–Kier alpha value is -1.13. The van der Waals surface area contributed by atoms with E-state index in [1.54, 1.807) is 6.08 Å². The van der Waals surface area contributed by atoms with Crippen LogP contribution in [0.15, 0.2) is 24.3 Å². The van der Waals surface area contributed by atoms with E-state index in [2.05, 4.69) is 16.9 Å². The Bertz CT molecular complexity index is 335. The quantitative estimate of drug-likeness (QED) is 0.407. The lowest BCUT2D eigenvalue weighted by molar-refractivity contribution is -0.140. The van der Waals surface area contributed by atoms with E-state index in [1.165, 1.54) is 7.11 Å². The fourth-order valence-electron chi connectivity index (χ4n) is 2.72. The molecule has 0 amide bonds. The van der Waals surface area contributed by atoms with Crippen LogP contribution in [0.2, 0.25) is 0 Å². The Kier molecular flexibility index (Phi) is 8.23. The van der Waals surface area contributed by atoms with Crippen LogP contribution in [-0.2, 0) is 9.53 Å². The van der Waals surface area contributed by atoms with E-state index < -0.39 is 0 Å². The minimum absolute atomic E-state index is 0.0271. The van der Waals surface area contributed by atoms with Crippen molar-refractivity contribution in [3.63, 3.8) is 0 Å². The second-order valence-corrected chi connectivity index (χ2v) is 5.27. The topological polar surface area (TPSA) is 66.8 Å². The molecule has 0 aromatic carbocycles. The molecular formula is C16H26O4. The normalized spacial score (nSPS) is 26.6. The van der Waals surface area contributed by atoms with Gasteiger partial charge in [-0.3, -0.25) is 4.79 Å². The Morgan fingerprint density at radius 3 is 2.80 bits per heavy atom. The van der Waals surface area contributed by atoms with Crippen molar-refractivity contribution in [1.82, 2.24) is 0 Å². The number of carbonyl (C=O) groups is 1. The van der Waals surface area contributed by atoms with Crippen molar-refractivity contribution < 1.29 is 19.7 Å². The molecule has 20 heavy (non-hydrogen) atoms. The van der Waals surface area contributed by atoms with Crippen molar-refractivity contribution in [3.8, 4) is 0 Å². The van der Waals surface area contributed by atoms with E-state index in [1.807, 2.05) is 6.08 Å². The zero-order chi connectivity index (χ0) is 14.8. The first-order valence-electron chi connectivity index (χ1n) is 7.36. The van der Waals surface area contributed by atoms with E-state index in [4.69, 9.17) is 5.11 Å². The number of allylic oxidation sites excluding steroid dienone is 2. The number of esters is 1. The summed E-state index contributed by atoms with van der Waals surface area (Å²) in [6.45, 7) is 0.0271. The molecule has 1 unspecified atom stereocenters. The fraction of sp³-hybridized carbons (Fsp3) is 0.688. The summed E-state index contributed by atoms with van der Waals surface area (Å²) in [7, 11) is 1.41. The Morgan fingerprint density at radius 1 is 1.30 bits per heavy atom. The number of hydrogen-bond acceptors (Lipinski definition) is 4. The highest BCUT2D eigenvalue weighted by Gasteiger charge is 2.31. The lowest BCUT2D eigenvalue weighted by atomic mass is 9.91. The highest BCUT2D eigenvalue weighted by atomic mass is 16.5. The molecule has 0 saturated heterocycles. The van der Waals surface area contributed by atoms with Crippen LogP contribution in [-0.4, -0.2) is 36.0 Å². The van der Waals surface area contributed by atoms with E-state index in [-0.39, 0.29) is 24.6 Å². The average Bonchev–Trinajstić information content (AvgIpc) is 2.80. The summed E-state index contributed by atoms with van der Waals surface area (Å²) >= 11 is 0. The molecule has 114 valence electrons. The van der Waals surface area contributed by atoms with Gasteiger partial charge in [0.05, 0.1) is 19.8 Å². The Morgan fingerprint density at radius 2 is 2.10 bits per heavy atom. The van der Waals surface area contributed by atoms with E-state index in [0.717, 1.165) is 32.1 Å². The Balaban J connectivity index is 2.26. The van der Waals surface area contributed by atoms with E-state index in [9.17, 15) is 9.90 Å². The predicted molar refractivity (Wildman–Crippen MR) is 78.1 cm³/mol. The molecular weight excluding hydrogens is 256 g/mol. The van der Waals surface area contributed by atoms with Crippen molar-refractivity contribution in [2.75, 3.05) is 13.7 Å². The zero-order valence-electron chi connectivity index (χ0n) is 12.2. The molecule has 0 spiro atoms. The van der Waals surface area contributed by atoms with Crippen molar-refractivity contribution in [2.24, 2.45) is 11.8 Å². The number of unbranched alkanes of at least 4 members (excludes halogenated alkanes) is 1. The maximum atomic E-state index is 10.9. The van der Waals surface area contributed by atoms with Gasteiger partial charge in [-0.15, -0.1) is 0 Å². The van der Waals surface area contributed by atoms with Gasteiger partial charge in [-0.25, -0.2) is 0 Å². The number of aliphatic hydroxyl groups excluding tert-OH is 2. The minimum atomic E-state index is -0.282. The summed E-state index contributed by atoms with van der Waals surface area (Å²) in [5.74, 6) is 0.443. The molecule has 1 aliphatic carbocycles. The van der Waals surface area contributed by atoms with Crippen LogP contribution in [0.25, 0.3) is 0 Å². The highest BCUT2D eigenvalue weighted by molar-refractivity contribution is 5.68. The first-order valence-corrected chi connectivity index (χ1v) is 7.36. The summed E-state index contributed by atoms with van der Waals surface area (Å²) in [4.78, 5) is 10.9. The highest BCUT2D eigenvalue weighted by Crippen LogP contribution is 2.35. The predicted octanol–water partition coefficient (Wildman–Crippen LogP) is 2.21. The third-order valence-corrected chi connectivity index (χ3v) is 3.87. The van der Waals surface area contributed by atoms with Gasteiger partial charge in [-0.2, -0.15) is 0 Å². The molecule has 3 atom stereocenters. The monoisotopic (exact) mass is 282 g/mol. The molecule has 0 bridgehead atoms. The Labute approximate surface area is 121 Å². The second-order valence-electron chi connectivity index (χ2n) is 5.27. The van der Waals surface area contributed by atoms with E-state index >= 15 is 0 Å². The number of carbonyl (C=O) groups excluding carboxylic acids is 1. The van der Waals surface area contributed by atoms with Gasteiger partial charge in [0.2, 0.25) is 0 Å². The van der Waals surface area contributed by atoms with Crippen LogP contribution in [0.1, 0.15) is 38.5 Å². The molecule has 0 aromatic heterocycles. The van der Waals surface area contributed by atoms with Gasteiger partial charge >= 0.3 is 5.97 Å². The van der Waals surface area contributed by atoms with E-state index in [0.29, 0.717) is 12.3 Å². The molecule has 0 aliphatic heterocycles. The molecule has 4 nitrogen and oxygen atoms in total. The molecule has 1 fully saturated rings. The zero-order valence-corrected chi connectivity index (χ0v) is 12.2. The van der Waals surface area contributed by atoms with Crippen LogP contribution in [0.4, 0.5) is 0 Å². The molecule has 1 aliphatic rings. The number of ether oxygens (including phenoxy) is 1. The lowest BCUT2D eigenvalue weighted by Crippen LogP contribution is -2.16. The van der Waals surface area contributed by atoms with Crippen molar-refractivity contribution in [2.45, 2.75) is 44.6 Å². The second kappa shape index (κ2) is 9.72. The average molecular weight is 282 g/mol. The van der Waals surface area contributed by atoms with Crippen LogP contribution in [0.5, 0.6) is 0 Å². The number of rotatable bonds is 8. The number of methoxy groups -OCH3 is 1. The van der Waals surface area contributed by atoms with Crippen LogP contribution in [0.3, 0.4) is 0 Å². The molecule has 4 heteroatoms. The first-order chi connectivity index (χ1) is 9.69. The van der Waals surface area contributed by atoms with Gasteiger partial charge in [-0.05, 0) is 38.0 Å². The van der Waals surface area contributed by atoms with Crippen LogP contribution >= 0.6 is 0 Å². The lowest BCUT2D eigenvalue weighted by Gasteiger charge is -2.17. The first kappa shape index (κ1) is 16.9. The van der Waals surface area contributed by atoms with Crippen molar-refractivity contribution >= 4 is 5.97 Å². The van der Waals surface area contributed by atoms with Crippen molar-refractivity contribution in [3.05, 3.63) is 24.3 Å². The summed E-state index contributed by atoms with van der Waals surface area (Å²) in [5.41, 5.74) is 0. The van der Waals surface area contributed by atoms with Gasteiger partial charge in [-0.1, -0.05) is 24.3 Å². The largest absolute Gasteiger partial charge is 0.469 e. The minimum Gasteiger partial charge on any atom is -0.469 e. The van der Waals surface area contributed by atoms with Crippen molar-refractivity contribution in [1.29, 1.82) is 0 Å². The maximum Gasteiger partial charge on any atom is 0.305 e. The van der Waals surface area contributed by atoms with Gasteiger partial charge in [0.1, 0.15) is 0 Å². The molecule has 2 N–H and O–H groups in total. The molecule has 0 aromatic rings. The summed E-state index contributed by atoms with van der Waals surface area (Å²) < 4.78 is 4.58. The summed E-state index contributed by atoms with van der Waals surface area (Å²) in [6, 6.07) is 0. The standard InChI is InChI=1S/C16H26O4/c1-20-16(19)9-5-3-2-4-7-13-10-11-15(18)14(13)8-6-12-17/h2,4,6,8,13-15,17-18H,3,5,7,9-12H2,1H3/b4-2-,8-6+/t13-,14?,15+/m0/s1. The SMILES string of the molecule is COC(=O)CCC/C=C\C[C@H]1CC[C@@H](O)C1/C=C/CO. The summed E-state index contributed by atoms with van der Waals surface area (Å²) in [5, 5.41) is 18.7. The number of hydrogen-bond donors (Lipinski definition) is 2. The fourth-order valence-corrected chi connectivity index (χ4v) is 2.72. The third-order valence-electron chi connectivity index (χ3n) is 3.87. The van der Waals surface area contributed by atoms with Crippen LogP contribution in [0, 0.1) is 11.8 Å².